The van der Waals surface area contributed by atoms with Crippen LogP contribution in [0.2, 0.25) is 0 Å². The Bertz CT molecular complexity index is 180. The fourth-order valence-corrected chi connectivity index (χ4v) is 1.53. The van der Waals surface area contributed by atoms with Gasteiger partial charge >= 0.3 is 0 Å². The van der Waals surface area contributed by atoms with Gasteiger partial charge in [0.1, 0.15) is 0 Å². The molecule has 2 nitrogen and oxygen atoms in total. The Balaban J connectivity index is 2.54. The number of likely N-dealkylation sites (N-methyl/N-ethyl adjacent to an activating group) is 1. The molecule has 0 unspecified atom stereocenters. The van der Waals surface area contributed by atoms with Crippen molar-refractivity contribution in [3.63, 3.8) is 0 Å². The smallest absolute Gasteiger partial charge is 0.0847 e. The Morgan fingerprint density at radius 1 is 1.45 bits per heavy atom. The van der Waals surface area contributed by atoms with E-state index >= 15 is 0 Å². The lowest BCUT2D eigenvalue weighted by Crippen LogP contribution is -2.20. The number of hydrogen-bond donors (Lipinski definition) is 0. The maximum Gasteiger partial charge on any atom is 0.0847 e. The van der Waals surface area contributed by atoms with Crippen molar-refractivity contribution in [1.29, 1.82) is 0 Å². The summed E-state index contributed by atoms with van der Waals surface area (Å²) < 4.78 is 5.30. The summed E-state index contributed by atoms with van der Waals surface area (Å²) in [6.07, 6.45) is 0.312. The molecule has 0 aromatic carbocycles. The highest BCUT2D eigenvalue weighted by atomic mass is 16.5. The van der Waals surface area contributed by atoms with Crippen LogP contribution in [0.3, 0.4) is 0 Å². The zero-order chi connectivity index (χ0) is 8.27. The van der Waals surface area contributed by atoms with E-state index in [1.165, 1.54) is 0 Å². The quantitative estimate of drug-likeness (QED) is 0.511. The molecule has 0 aromatic heterocycles. The summed E-state index contributed by atoms with van der Waals surface area (Å²) in [7, 11) is 3.86. The van der Waals surface area contributed by atoms with Gasteiger partial charge in [-0.25, -0.2) is 0 Å². The third-order valence-corrected chi connectivity index (χ3v) is 2.08. The maximum atomic E-state index is 5.30. The first-order valence-corrected chi connectivity index (χ1v) is 3.91. The van der Waals surface area contributed by atoms with Crippen LogP contribution in [0.25, 0.3) is 0 Å². The monoisotopic (exact) mass is 153 g/mol. The minimum Gasteiger partial charge on any atom is -0.379 e. The van der Waals surface area contributed by atoms with Crippen molar-refractivity contribution in [2.24, 2.45) is 5.92 Å². The molecule has 1 heterocycles. The maximum absolute atomic E-state index is 5.30. The van der Waals surface area contributed by atoms with Crippen LogP contribution in [-0.2, 0) is 4.74 Å². The van der Waals surface area contributed by atoms with Crippen LogP contribution >= 0.6 is 0 Å². The first kappa shape index (κ1) is 8.58. The predicted octanol–water partition coefficient (Wildman–Crippen LogP) is 0.586. The van der Waals surface area contributed by atoms with E-state index in [0.717, 1.165) is 13.1 Å². The van der Waals surface area contributed by atoms with E-state index < -0.39 is 0 Å². The van der Waals surface area contributed by atoms with Gasteiger partial charge < -0.3 is 9.64 Å². The fraction of sp³-hybridized carbons (Fsp3) is 0.778. The van der Waals surface area contributed by atoms with Crippen molar-refractivity contribution >= 4 is 0 Å². The highest BCUT2D eigenvalue weighted by Crippen LogP contribution is 2.16. The third-order valence-electron chi connectivity index (χ3n) is 2.08. The molecule has 0 aromatic rings. The van der Waals surface area contributed by atoms with Gasteiger partial charge in [-0.2, -0.15) is 0 Å². The van der Waals surface area contributed by atoms with Crippen molar-refractivity contribution in [3.05, 3.63) is 0 Å². The minimum absolute atomic E-state index is 0.312. The first-order chi connectivity index (χ1) is 5.27. The minimum atomic E-state index is 0.312. The van der Waals surface area contributed by atoms with Crippen LogP contribution in [-0.4, -0.2) is 38.3 Å². The van der Waals surface area contributed by atoms with Crippen LogP contribution < -0.4 is 0 Å². The highest BCUT2D eigenvalue weighted by molar-refractivity contribution is 5.07. The SMILES string of the molecule is CC#C[C@@H]1CN(C)C[C@H]1OC. The van der Waals surface area contributed by atoms with E-state index in [0.29, 0.717) is 12.0 Å². The molecule has 0 bridgehead atoms. The molecule has 1 aliphatic rings. The molecule has 0 aliphatic carbocycles. The third kappa shape index (κ3) is 1.95. The zero-order valence-corrected chi connectivity index (χ0v) is 7.42. The zero-order valence-electron chi connectivity index (χ0n) is 7.42. The second kappa shape index (κ2) is 3.75. The van der Waals surface area contributed by atoms with E-state index in [1.807, 2.05) is 6.92 Å². The Labute approximate surface area is 68.5 Å². The van der Waals surface area contributed by atoms with Crippen molar-refractivity contribution in [1.82, 2.24) is 4.90 Å². The van der Waals surface area contributed by atoms with E-state index in [4.69, 9.17) is 4.74 Å². The van der Waals surface area contributed by atoms with Crippen LogP contribution in [0.4, 0.5) is 0 Å². The summed E-state index contributed by atoms with van der Waals surface area (Å²) in [5.41, 5.74) is 0. The van der Waals surface area contributed by atoms with E-state index in [1.54, 1.807) is 7.11 Å². The molecule has 0 radical (unpaired) electrons. The summed E-state index contributed by atoms with van der Waals surface area (Å²) in [5.74, 6) is 6.51. The van der Waals surface area contributed by atoms with Gasteiger partial charge in [-0.1, -0.05) is 5.92 Å². The molecule has 11 heavy (non-hydrogen) atoms. The van der Waals surface area contributed by atoms with E-state index in [2.05, 4.69) is 23.8 Å². The second-order valence-corrected chi connectivity index (χ2v) is 3.00. The molecule has 1 rings (SSSR count). The summed E-state index contributed by atoms with van der Waals surface area (Å²) in [5, 5.41) is 0. The topological polar surface area (TPSA) is 12.5 Å². The fourth-order valence-electron chi connectivity index (χ4n) is 1.53. The lowest BCUT2D eigenvalue weighted by molar-refractivity contribution is 0.0946. The molecular weight excluding hydrogens is 138 g/mol. The molecule has 2 atom stereocenters. The number of ether oxygens (including phenoxy) is 1. The molecule has 0 saturated carbocycles. The van der Waals surface area contributed by atoms with Gasteiger partial charge in [0.15, 0.2) is 0 Å². The van der Waals surface area contributed by atoms with Gasteiger partial charge in [-0.15, -0.1) is 5.92 Å². The molecule has 2 heteroatoms. The molecule has 1 fully saturated rings. The molecule has 1 saturated heterocycles. The van der Waals surface area contributed by atoms with Crippen molar-refractivity contribution < 1.29 is 4.74 Å². The number of likely N-dealkylation sites (tertiary alicyclic amines) is 1. The normalized spacial score (nSPS) is 31.5. The van der Waals surface area contributed by atoms with Gasteiger partial charge in [0.2, 0.25) is 0 Å². The lowest BCUT2D eigenvalue weighted by atomic mass is 10.1. The van der Waals surface area contributed by atoms with Crippen molar-refractivity contribution in [2.75, 3.05) is 27.2 Å². The van der Waals surface area contributed by atoms with Crippen molar-refractivity contribution in [3.8, 4) is 11.8 Å². The molecule has 0 N–H and O–H groups in total. The number of hydrogen-bond acceptors (Lipinski definition) is 2. The van der Waals surface area contributed by atoms with Gasteiger partial charge in [0, 0.05) is 20.2 Å². The Morgan fingerprint density at radius 3 is 2.73 bits per heavy atom. The molecule has 0 amide bonds. The van der Waals surface area contributed by atoms with Crippen LogP contribution in [0.1, 0.15) is 6.92 Å². The molecule has 1 aliphatic heterocycles. The number of rotatable bonds is 1. The highest BCUT2D eigenvalue weighted by Gasteiger charge is 2.28. The van der Waals surface area contributed by atoms with Gasteiger partial charge in [-0.3, -0.25) is 0 Å². The van der Waals surface area contributed by atoms with Gasteiger partial charge in [-0.05, 0) is 14.0 Å². The molecular formula is C9H15NO. The van der Waals surface area contributed by atoms with E-state index in [9.17, 15) is 0 Å². The van der Waals surface area contributed by atoms with Crippen LogP contribution in [0, 0.1) is 17.8 Å². The average Bonchev–Trinajstić information content (AvgIpc) is 2.32. The van der Waals surface area contributed by atoms with E-state index in [-0.39, 0.29) is 0 Å². The Morgan fingerprint density at radius 2 is 2.18 bits per heavy atom. The Kier molecular flexibility index (Phi) is 2.92. The first-order valence-electron chi connectivity index (χ1n) is 3.91. The average molecular weight is 153 g/mol. The molecule has 62 valence electrons. The number of nitrogens with zero attached hydrogens (tertiary/aromatic N) is 1. The van der Waals surface area contributed by atoms with Crippen LogP contribution in [0.15, 0.2) is 0 Å². The summed E-state index contributed by atoms with van der Waals surface area (Å²) in [6.45, 7) is 3.93. The predicted molar refractivity (Wildman–Crippen MR) is 45.2 cm³/mol. The largest absolute Gasteiger partial charge is 0.379 e. The second-order valence-electron chi connectivity index (χ2n) is 3.00. The van der Waals surface area contributed by atoms with Crippen LogP contribution in [0.5, 0.6) is 0 Å². The summed E-state index contributed by atoms with van der Waals surface area (Å²) in [6, 6.07) is 0. The Hall–Kier alpha value is -0.520. The lowest BCUT2D eigenvalue weighted by Gasteiger charge is -2.09. The summed E-state index contributed by atoms with van der Waals surface area (Å²) in [4.78, 5) is 2.25. The number of methoxy groups -OCH3 is 1. The van der Waals surface area contributed by atoms with Gasteiger partial charge in [0.25, 0.3) is 0 Å². The van der Waals surface area contributed by atoms with Gasteiger partial charge in [0.05, 0.1) is 12.0 Å². The van der Waals surface area contributed by atoms with Crippen molar-refractivity contribution in [2.45, 2.75) is 13.0 Å². The summed E-state index contributed by atoms with van der Waals surface area (Å²) >= 11 is 0. The molecule has 0 spiro atoms. The standard InChI is InChI=1S/C9H15NO/c1-4-5-8-6-10(2)7-9(8)11-3/h8-9H,6-7H2,1-3H3/t8-,9-/m1/s1.